The van der Waals surface area contributed by atoms with Gasteiger partial charge in [0.1, 0.15) is 11.9 Å². The van der Waals surface area contributed by atoms with E-state index in [1.807, 2.05) is 18.2 Å². The van der Waals surface area contributed by atoms with Crippen molar-refractivity contribution in [1.82, 2.24) is 20.2 Å². The number of thiazole rings is 1. The van der Waals surface area contributed by atoms with Gasteiger partial charge >= 0.3 is 6.03 Å². The van der Waals surface area contributed by atoms with Gasteiger partial charge in [0, 0.05) is 44.0 Å². The zero-order valence-electron chi connectivity index (χ0n) is 13.9. The van der Waals surface area contributed by atoms with E-state index < -0.39 is 6.04 Å². The number of pyridine rings is 1. The highest BCUT2D eigenvalue weighted by atomic mass is 32.1. The number of rotatable bonds is 4. The number of piperazine rings is 1. The standard InChI is InChI=1S/C16H20N6O2S/c1-12(14(23)20-15-18-6-11-25-15)19-16(24)22-9-7-21(8-10-22)13-4-2-3-5-17-13/h2-6,11-12H,7-10H2,1H3,(H,19,24)(H,18,20,23). The molecular weight excluding hydrogens is 340 g/mol. The molecule has 25 heavy (non-hydrogen) atoms. The summed E-state index contributed by atoms with van der Waals surface area (Å²) in [5.74, 6) is 0.633. The van der Waals surface area contributed by atoms with Crippen LogP contribution in [0, 0.1) is 0 Å². The summed E-state index contributed by atoms with van der Waals surface area (Å²) in [5.41, 5.74) is 0. The molecule has 0 aliphatic carbocycles. The van der Waals surface area contributed by atoms with Crippen molar-refractivity contribution in [2.45, 2.75) is 13.0 Å². The monoisotopic (exact) mass is 360 g/mol. The van der Waals surface area contributed by atoms with Gasteiger partial charge in [0.2, 0.25) is 5.91 Å². The van der Waals surface area contributed by atoms with Crippen LogP contribution < -0.4 is 15.5 Å². The maximum atomic E-state index is 12.3. The predicted octanol–water partition coefficient (Wildman–Crippen LogP) is 1.40. The molecule has 0 aromatic carbocycles. The molecule has 1 aliphatic rings. The number of nitrogens with zero attached hydrogens (tertiary/aromatic N) is 4. The average molecular weight is 360 g/mol. The largest absolute Gasteiger partial charge is 0.353 e. The molecule has 8 nitrogen and oxygen atoms in total. The van der Waals surface area contributed by atoms with Crippen molar-refractivity contribution in [2.24, 2.45) is 0 Å². The zero-order chi connectivity index (χ0) is 17.6. The summed E-state index contributed by atoms with van der Waals surface area (Å²) < 4.78 is 0. The summed E-state index contributed by atoms with van der Waals surface area (Å²) in [6, 6.07) is 4.92. The summed E-state index contributed by atoms with van der Waals surface area (Å²) >= 11 is 1.34. The fourth-order valence-electron chi connectivity index (χ4n) is 2.52. The Balaban J connectivity index is 1.46. The Bertz CT molecular complexity index is 701. The highest BCUT2D eigenvalue weighted by Crippen LogP contribution is 2.13. The SMILES string of the molecule is CC(NC(=O)N1CCN(c2ccccn2)CC1)C(=O)Nc1nccs1. The fraction of sp³-hybridized carbons (Fsp3) is 0.375. The molecule has 1 saturated heterocycles. The normalized spacial score (nSPS) is 15.6. The molecule has 0 radical (unpaired) electrons. The maximum absolute atomic E-state index is 12.3. The Kier molecular flexibility index (Phi) is 5.44. The van der Waals surface area contributed by atoms with E-state index in [1.165, 1.54) is 11.3 Å². The highest BCUT2D eigenvalue weighted by Gasteiger charge is 2.24. The molecule has 3 heterocycles. The molecule has 2 aromatic heterocycles. The minimum Gasteiger partial charge on any atom is -0.353 e. The molecule has 2 N–H and O–H groups in total. The highest BCUT2D eigenvalue weighted by molar-refractivity contribution is 7.13. The van der Waals surface area contributed by atoms with Crippen LogP contribution in [0.5, 0.6) is 0 Å². The van der Waals surface area contributed by atoms with E-state index in [9.17, 15) is 9.59 Å². The molecule has 3 amide bonds. The quantitative estimate of drug-likeness (QED) is 0.860. The van der Waals surface area contributed by atoms with E-state index in [0.29, 0.717) is 31.3 Å². The summed E-state index contributed by atoms with van der Waals surface area (Å²) in [4.78, 5) is 36.6. The van der Waals surface area contributed by atoms with E-state index in [4.69, 9.17) is 0 Å². The van der Waals surface area contributed by atoms with Crippen molar-refractivity contribution in [3.63, 3.8) is 0 Å². The van der Waals surface area contributed by atoms with Gasteiger partial charge in [-0.15, -0.1) is 11.3 Å². The Hall–Kier alpha value is -2.68. The van der Waals surface area contributed by atoms with Crippen LogP contribution in [0.1, 0.15) is 6.92 Å². The lowest BCUT2D eigenvalue weighted by Crippen LogP contribution is -2.54. The number of urea groups is 1. The van der Waals surface area contributed by atoms with Crippen LogP contribution in [0.25, 0.3) is 0 Å². The number of carbonyl (C=O) groups is 2. The first kappa shape index (κ1) is 17.2. The first-order valence-corrected chi connectivity index (χ1v) is 8.93. The number of hydrogen-bond acceptors (Lipinski definition) is 6. The Labute approximate surface area is 149 Å². The number of carbonyl (C=O) groups excluding carboxylic acids is 2. The minimum absolute atomic E-state index is 0.234. The van der Waals surface area contributed by atoms with Crippen molar-refractivity contribution in [3.05, 3.63) is 36.0 Å². The average Bonchev–Trinajstić information content (AvgIpc) is 3.15. The van der Waals surface area contributed by atoms with Gasteiger partial charge in [0.15, 0.2) is 5.13 Å². The van der Waals surface area contributed by atoms with Crippen molar-refractivity contribution < 1.29 is 9.59 Å². The van der Waals surface area contributed by atoms with Gasteiger partial charge in [-0.3, -0.25) is 4.79 Å². The third kappa shape index (κ3) is 4.44. The van der Waals surface area contributed by atoms with Gasteiger partial charge in [-0.2, -0.15) is 0 Å². The van der Waals surface area contributed by atoms with Crippen LogP contribution >= 0.6 is 11.3 Å². The molecule has 0 bridgehead atoms. The van der Waals surface area contributed by atoms with Crippen molar-refractivity contribution in [3.8, 4) is 0 Å². The first-order chi connectivity index (χ1) is 12.1. The van der Waals surface area contributed by atoms with Crippen molar-refractivity contribution in [2.75, 3.05) is 36.4 Å². The van der Waals surface area contributed by atoms with Crippen LogP contribution in [-0.4, -0.2) is 59.0 Å². The van der Waals surface area contributed by atoms with Crippen LogP contribution in [0.4, 0.5) is 15.7 Å². The van der Waals surface area contributed by atoms with Crippen molar-refractivity contribution in [1.29, 1.82) is 0 Å². The maximum Gasteiger partial charge on any atom is 0.318 e. The molecule has 1 aliphatic heterocycles. The summed E-state index contributed by atoms with van der Waals surface area (Å²) in [7, 11) is 0. The van der Waals surface area contributed by atoms with Gasteiger partial charge in [-0.25, -0.2) is 14.8 Å². The number of anilines is 2. The van der Waals surface area contributed by atoms with Gasteiger partial charge in [0.05, 0.1) is 0 Å². The third-order valence-corrected chi connectivity index (χ3v) is 4.62. The lowest BCUT2D eigenvalue weighted by atomic mass is 10.3. The van der Waals surface area contributed by atoms with Crippen LogP contribution in [-0.2, 0) is 4.79 Å². The Morgan fingerprint density at radius 1 is 1.16 bits per heavy atom. The van der Waals surface area contributed by atoms with Gasteiger partial charge in [-0.1, -0.05) is 6.07 Å². The van der Waals surface area contributed by atoms with E-state index in [0.717, 1.165) is 5.82 Å². The van der Waals surface area contributed by atoms with E-state index in [-0.39, 0.29) is 11.9 Å². The molecule has 0 saturated carbocycles. The molecule has 9 heteroatoms. The topological polar surface area (TPSA) is 90.5 Å². The number of aromatic nitrogens is 2. The zero-order valence-corrected chi connectivity index (χ0v) is 14.7. The van der Waals surface area contributed by atoms with Crippen LogP contribution in [0.3, 0.4) is 0 Å². The Morgan fingerprint density at radius 3 is 2.60 bits per heavy atom. The van der Waals surface area contributed by atoms with Crippen LogP contribution in [0.2, 0.25) is 0 Å². The van der Waals surface area contributed by atoms with Gasteiger partial charge in [-0.05, 0) is 19.1 Å². The second-order valence-electron chi connectivity index (χ2n) is 5.66. The minimum atomic E-state index is -0.634. The smallest absolute Gasteiger partial charge is 0.318 e. The van der Waals surface area contributed by atoms with Gasteiger partial charge in [0.25, 0.3) is 0 Å². The van der Waals surface area contributed by atoms with E-state index in [2.05, 4.69) is 25.5 Å². The van der Waals surface area contributed by atoms with E-state index in [1.54, 1.807) is 29.6 Å². The van der Waals surface area contributed by atoms with Gasteiger partial charge < -0.3 is 20.4 Å². The third-order valence-electron chi connectivity index (χ3n) is 3.94. The second kappa shape index (κ2) is 7.93. The summed E-state index contributed by atoms with van der Waals surface area (Å²) in [5, 5.41) is 7.71. The lowest BCUT2D eigenvalue weighted by molar-refractivity contribution is -0.117. The molecule has 1 fully saturated rings. The summed E-state index contributed by atoms with van der Waals surface area (Å²) in [6.45, 7) is 4.26. The second-order valence-corrected chi connectivity index (χ2v) is 6.55. The molecule has 3 rings (SSSR count). The number of amides is 3. The van der Waals surface area contributed by atoms with E-state index >= 15 is 0 Å². The molecule has 1 unspecified atom stereocenters. The Morgan fingerprint density at radius 2 is 1.96 bits per heavy atom. The molecule has 0 spiro atoms. The molecule has 132 valence electrons. The molecule has 2 aromatic rings. The fourth-order valence-corrected chi connectivity index (χ4v) is 3.05. The van der Waals surface area contributed by atoms with Crippen molar-refractivity contribution >= 4 is 34.2 Å². The van der Waals surface area contributed by atoms with Crippen LogP contribution in [0.15, 0.2) is 36.0 Å². The predicted molar refractivity (Wildman–Crippen MR) is 96.8 cm³/mol. The number of hydrogen-bond donors (Lipinski definition) is 2. The summed E-state index contributed by atoms with van der Waals surface area (Å²) in [6.07, 6.45) is 3.38. The molecular formula is C16H20N6O2S. The molecule has 1 atom stereocenters. The first-order valence-electron chi connectivity index (χ1n) is 8.05. The number of nitrogens with one attached hydrogen (secondary N) is 2. The lowest BCUT2D eigenvalue weighted by Gasteiger charge is -2.35.